The summed E-state index contributed by atoms with van der Waals surface area (Å²) in [7, 11) is 0. The lowest BCUT2D eigenvalue weighted by Crippen LogP contribution is -2.41. The molecule has 5 heterocycles. The normalized spacial score (nSPS) is 18.4. The molecular formula is C22H27N5O4. The molecule has 9 nitrogen and oxygen atoms in total. The first-order chi connectivity index (χ1) is 14.9. The lowest BCUT2D eigenvalue weighted by atomic mass is 9.93. The number of piperidine rings is 1. The Morgan fingerprint density at radius 2 is 1.94 bits per heavy atom. The van der Waals surface area contributed by atoms with Crippen molar-refractivity contribution in [3.8, 4) is 11.3 Å². The summed E-state index contributed by atoms with van der Waals surface area (Å²) < 4.78 is 18.4. The second-order valence-electron chi connectivity index (χ2n) is 9.27. The summed E-state index contributed by atoms with van der Waals surface area (Å²) in [5.74, 6) is 0.946. The van der Waals surface area contributed by atoms with Crippen LogP contribution in [-0.2, 0) is 9.47 Å². The number of ether oxygens (including phenoxy) is 2. The van der Waals surface area contributed by atoms with Gasteiger partial charge in [0.1, 0.15) is 11.1 Å². The average Bonchev–Trinajstić information content (AvgIpc) is 3.33. The third-order valence-electron chi connectivity index (χ3n) is 5.79. The number of hydrogen-bond donors (Lipinski definition) is 0. The Kier molecular flexibility index (Phi) is 4.92. The molecule has 0 N–H and O–H groups in total. The molecule has 0 atom stereocenters. The Morgan fingerprint density at radius 1 is 1.16 bits per heavy atom. The molecule has 9 heteroatoms. The molecule has 0 unspecified atom stereocenters. The van der Waals surface area contributed by atoms with Gasteiger partial charge in [-0.1, -0.05) is 5.16 Å². The van der Waals surface area contributed by atoms with Gasteiger partial charge < -0.3 is 18.9 Å². The van der Waals surface area contributed by atoms with Crippen LogP contribution < -0.4 is 0 Å². The van der Waals surface area contributed by atoms with E-state index in [1.165, 1.54) is 0 Å². The van der Waals surface area contributed by atoms with Gasteiger partial charge in [0.25, 0.3) is 0 Å². The Labute approximate surface area is 180 Å². The Bertz CT molecular complexity index is 1090. The van der Waals surface area contributed by atoms with Gasteiger partial charge in [-0.25, -0.2) is 4.79 Å². The van der Waals surface area contributed by atoms with Crippen molar-refractivity contribution < 1.29 is 18.8 Å². The predicted octanol–water partition coefficient (Wildman–Crippen LogP) is 3.77. The van der Waals surface area contributed by atoms with E-state index in [2.05, 4.69) is 15.2 Å². The lowest BCUT2D eigenvalue weighted by Gasteiger charge is -2.32. The quantitative estimate of drug-likeness (QED) is 0.630. The van der Waals surface area contributed by atoms with Gasteiger partial charge in [-0.15, -0.1) is 0 Å². The molecule has 0 bridgehead atoms. The van der Waals surface area contributed by atoms with Gasteiger partial charge in [0.15, 0.2) is 5.76 Å². The van der Waals surface area contributed by atoms with Crippen molar-refractivity contribution in [3.05, 3.63) is 30.2 Å². The van der Waals surface area contributed by atoms with Crippen LogP contribution in [0.1, 0.15) is 51.3 Å². The van der Waals surface area contributed by atoms with Crippen LogP contribution in [0.15, 0.2) is 29.0 Å². The van der Waals surface area contributed by atoms with Crippen molar-refractivity contribution in [1.29, 1.82) is 0 Å². The zero-order valence-corrected chi connectivity index (χ0v) is 18.1. The summed E-state index contributed by atoms with van der Waals surface area (Å²) in [4.78, 5) is 18.6. The van der Waals surface area contributed by atoms with Crippen molar-refractivity contribution in [2.24, 2.45) is 0 Å². The summed E-state index contributed by atoms with van der Waals surface area (Å²) in [5, 5.41) is 8.78. The number of rotatable bonds is 3. The third kappa shape index (κ3) is 4.01. The van der Waals surface area contributed by atoms with Crippen molar-refractivity contribution in [2.45, 2.75) is 51.2 Å². The monoisotopic (exact) mass is 425 g/mol. The van der Waals surface area contributed by atoms with Gasteiger partial charge >= 0.3 is 6.09 Å². The molecule has 5 rings (SSSR count). The summed E-state index contributed by atoms with van der Waals surface area (Å²) in [6.07, 6.45) is 4.98. The number of aromatic nitrogens is 4. The molecule has 0 radical (unpaired) electrons. The lowest BCUT2D eigenvalue weighted by molar-refractivity contribution is -0.0266. The van der Waals surface area contributed by atoms with Crippen molar-refractivity contribution in [3.63, 3.8) is 0 Å². The highest BCUT2D eigenvalue weighted by atomic mass is 16.6. The maximum atomic E-state index is 12.3. The van der Waals surface area contributed by atoms with Gasteiger partial charge in [-0.2, -0.15) is 5.10 Å². The van der Waals surface area contributed by atoms with Crippen LogP contribution in [0.3, 0.4) is 0 Å². The van der Waals surface area contributed by atoms with Crippen molar-refractivity contribution in [2.75, 3.05) is 26.3 Å². The number of carbonyl (C=O) groups is 1. The molecule has 2 aliphatic rings. The number of likely N-dealkylation sites (tertiary alicyclic amines) is 1. The maximum absolute atomic E-state index is 12.3. The van der Waals surface area contributed by atoms with Crippen molar-refractivity contribution >= 4 is 17.1 Å². The molecule has 2 saturated heterocycles. The number of carbonyl (C=O) groups excluding carboxylic acids is 1. The largest absolute Gasteiger partial charge is 0.444 e. The molecule has 31 heavy (non-hydrogen) atoms. The molecule has 0 spiro atoms. The summed E-state index contributed by atoms with van der Waals surface area (Å²) in [5.41, 5.74) is 3.13. The van der Waals surface area contributed by atoms with Gasteiger partial charge in [-0.3, -0.25) is 9.67 Å². The Morgan fingerprint density at radius 3 is 2.61 bits per heavy atom. The number of amides is 1. The fourth-order valence-electron chi connectivity index (χ4n) is 4.02. The molecule has 164 valence electrons. The highest BCUT2D eigenvalue weighted by Gasteiger charge is 2.29. The van der Waals surface area contributed by atoms with Gasteiger partial charge in [-0.05, 0) is 39.7 Å². The second-order valence-corrected chi connectivity index (χ2v) is 9.27. The smallest absolute Gasteiger partial charge is 0.410 e. The van der Waals surface area contributed by atoms with Crippen LogP contribution in [0.5, 0.6) is 0 Å². The van der Waals surface area contributed by atoms with Crippen LogP contribution in [0, 0.1) is 0 Å². The molecule has 0 aliphatic carbocycles. The van der Waals surface area contributed by atoms with E-state index in [-0.39, 0.29) is 18.1 Å². The van der Waals surface area contributed by atoms with Crippen LogP contribution in [0.2, 0.25) is 0 Å². The SMILES string of the molecule is CC(C)(C)OC(=O)N1CCC(c2cc(-c3cnc4cnn(C5COC5)c4c3)on2)CC1. The van der Waals surface area contributed by atoms with Crippen molar-refractivity contribution in [1.82, 2.24) is 24.8 Å². The third-order valence-corrected chi connectivity index (χ3v) is 5.79. The van der Waals surface area contributed by atoms with E-state index in [0.717, 1.165) is 35.1 Å². The van der Waals surface area contributed by atoms with E-state index >= 15 is 0 Å². The molecule has 2 fully saturated rings. The molecule has 1 amide bonds. The Hall–Kier alpha value is -2.94. The zero-order chi connectivity index (χ0) is 21.6. The molecule has 3 aromatic rings. The second kappa shape index (κ2) is 7.64. The van der Waals surface area contributed by atoms with E-state index in [1.807, 2.05) is 37.6 Å². The van der Waals surface area contributed by atoms with Crippen LogP contribution in [-0.4, -0.2) is 62.8 Å². The van der Waals surface area contributed by atoms with Crippen LogP contribution in [0.4, 0.5) is 4.79 Å². The first-order valence-electron chi connectivity index (χ1n) is 10.7. The number of hydrogen-bond acceptors (Lipinski definition) is 7. The maximum Gasteiger partial charge on any atom is 0.410 e. The molecular weight excluding hydrogens is 398 g/mol. The van der Waals surface area contributed by atoms with E-state index < -0.39 is 5.60 Å². The summed E-state index contributed by atoms with van der Waals surface area (Å²) >= 11 is 0. The molecule has 0 aromatic carbocycles. The minimum atomic E-state index is -0.481. The minimum absolute atomic E-state index is 0.250. The molecule has 2 aliphatic heterocycles. The average molecular weight is 425 g/mol. The fraction of sp³-hybridized carbons (Fsp3) is 0.545. The first-order valence-corrected chi connectivity index (χ1v) is 10.7. The molecule has 3 aromatic heterocycles. The van der Waals surface area contributed by atoms with E-state index in [9.17, 15) is 4.79 Å². The number of fused-ring (bicyclic) bond motifs is 1. The minimum Gasteiger partial charge on any atom is -0.444 e. The predicted molar refractivity (Wildman–Crippen MR) is 113 cm³/mol. The summed E-state index contributed by atoms with van der Waals surface area (Å²) in [6, 6.07) is 4.29. The standard InChI is InChI=1S/C22H27N5O4/c1-22(2,3)30-21(28)26-6-4-14(5-7-26)17-9-20(31-25-17)15-8-19-18(23-10-15)11-24-27(19)16-12-29-13-16/h8-11,14,16H,4-7,12-13H2,1-3H3. The topological polar surface area (TPSA) is 95.5 Å². The number of pyridine rings is 1. The number of nitrogens with zero attached hydrogens (tertiary/aromatic N) is 5. The van der Waals surface area contributed by atoms with E-state index in [1.54, 1.807) is 17.3 Å². The highest BCUT2D eigenvalue weighted by Crippen LogP contribution is 2.32. The summed E-state index contributed by atoms with van der Waals surface area (Å²) in [6.45, 7) is 8.30. The fourth-order valence-corrected chi connectivity index (χ4v) is 4.02. The van der Waals surface area contributed by atoms with Crippen LogP contribution >= 0.6 is 0 Å². The van der Waals surface area contributed by atoms with E-state index in [0.29, 0.717) is 32.1 Å². The first kappa shape index (κ1) is 20.0. The van der Waals surface area contributed by atoms with E-state index in [4.69, 9.17) is 14.0 Å². The van der Waals surface area contributed by atoms with Gasteiger partial charge in [0.05, 0.1) is 36.7 Å². The highest BCUT2D eigenvalue weighted by molar-refractivity contribution is 5.79. The molecule has 0 saturated carbocycles. The van der Waals surface area contributed by atoms with Crippen LogP contribution in [0.25, 0.3) is 22.4 Å². The van der Waals surface area contributed by atoms with Gasteiger partial charge in [0.2, 0.25) is 0 Å². The van der Waals surface area contributed by atoms with Gasteiger partial charge in [0, 0.05) is 36.8 Å². The zero-order valence-electron chi connectivity index (χ0n) is 18.1. The Balaban J connectivity index is 1.28.